The van der Waals surface area contributed by atoms with Gasteiger partial charge >= 0.3 is 0 Å². The molecule has 2 aliphatic rings. The zero-order chi connectivity index (χ0) is 45.4. The number of phenolic OH excluding ortho intramolecular Hbond substituents is 5. The average Bonchev–Trinajstić information content (AvgIpc) is 4.06. The molecule has 0 saturated heterocycles. The largest absolute Gasteiger partial charge is 0.504 e. The van der Waals surface area contributed by atoms with E-state index in [-0.39, 0.29) is 5.56 Å². The van der Waals surface area contributed by atoms with Crippen LogP contribution in [0.1, 0.15) is 22.3 Å². The second-order valence-corrected chi connectivity index (χ2v) is 17.9. The van der Waals surface area contributed by atoms with Crippen molar-refractivity contribution in [2.45, 2.75) is 5.41 Å². The van der Waals surface area contributed by atoms with E-state index < -0.39 is 34.2 Å². The molecule has 2 aliphatic carbocycles. The number of fused-ring (bicyclic) bond motifs is 10. The first kappa shape index (κ1) is 39.8. The molecule has 67 heavy (non-hydrogen) atoms. The number of rotatable bonds is 8. The Morgan fingerprint density at radius 1 is 0.313 bits per heavy atom. The van der Waals surface area contributed by atoms with Crippen LogP contribution in [0.5, 0.6) is 28.7 Å². The number of benzene rings is 9. The van der Waals surface area contributed by atoms with Gasteiger partial charge in [0.25, 0.3) is 0 Å². The summed E-state index contributed by atoms with van der Waals surface area (Å²) in [6.45, 7) is 0. The Hall–Kier alpha value is -8.72. The summed E-state index contributed by atoms with van der Waals surface area (Å²) in [7, 11) is 0. The van der Waals surface area contributed by atoms with Crippen molar-refractivity contribution >= 4 is 44.8 Å². The predicted octanol–water partition coefficient (Wildman–Crippen LogP) is 14.9. The van der Waals surface area contributed by atoms with E-state index in [2.05, 4.69) is 174 Å². The third-order valence-corrected chi connectivity index (χ3v) is 14.4. The molecule has 8 heteroatoms. The lowest BCUT2D eigenvalue weighted by molar-refractivity contribution is 0.330. The molecule has 1 heterocycles. The zero-order valence-electron chi connectivity index (χ0n) is 35.7. The summed E-state index contributed by atoms with van der Waals surface area (Å²) in [6, 6.07) is 74.0. The van der Waals surface area contributed by atoms with Gasteiger partial charge in [-0.3, -0.25) is 0 Å². The lowest BCUT2D eigenvalue weighted by Crippen LogP contribution is -2.26. The van der Waals surface area contributed by atoms with Gasteiger partial charge in [0, 0.05) is 33.3 Å². The van der Waals surface area contributed by atoms with Gasteiger partial charge in [0.2, 0.25) is 17.2 Å². The highest BCUT2D eigenvalue weighted by Crippen LogP contribution is 2.64. The molecular formula is C59H40N2O5S. The van der Waals surface area contributed by atoms with Gasteiger partial charge in [0.1, 0.15) is 5.00 Å². The maximum atomic E-state index is 11.0. The van der Waals surface area contributed by atoms with Crippen molar-refractivity contribution < 1.29 is 25.5 Å². The Kier molecular flexibility index (Phi) is 9.20. The van der Waals surface area contributed by atoms with Crippen LogP contribution in [0.25, 0.3) is 43.8 Å². The van der Waals surface area contributed by atoms with Crippen LogP contribution in [0.2, 0.25) is 0 Å². The first-order valence-electron chi connectivity index (χ1n) is 22.0. The van der Waals surface area contributed by atoms with Gasteiger partial charge in [-0.15, -0.1) is 11.3 Å². The number of aromatic hydroxyl groups is 5. The van der Waals surface area contributed by atoms with Crippen molar-refractivity contribution in [1.82, 2.24) is 0 Å². The summed E-state index contributed by atoms with van der Waals surface area (Å²) < 4.78 is 0. The third kappa shape index (κ3) is 6.04. The van der Waals surface area contributed by atoms with Gasteiger partial charge in [-0.1, -0.05) is 140 Å². The molecule has 1 spiro atoms. The Bertz CT molecular complexity index is 3400. The molecule has 0 bridgehead atoms. The first-order chi connectivity index (χ1) is 32.8. The molecule has 0 saturated carbocycles. The molecule has 0 unspecified atom stereocenters. The van der Waals surface area contributed by atoms with Crippen LogP contribution in [0.4, 0.5) is 33.4 Å². The summed E-state index contributed by atoms with van der Waals surface area (Å²) in [5.41, 5.74) is 15.8. The van der Waals surface area contributed by atoms with E-state index in [4.69, 9.17) is 0 Å². The molecule has 12 rings (SSSR count). The van der Waals surface area contributed by atoms with E-state index in [1.165, 1.54) is 44.7 Å². The third-order valence-electron chi connectivity index (χ3n) is 13.3. The Labute approximate surface area is 390 Å². The van der Waals surface area contributed by atoms with Crippen LogP contribution in [0.3, 0.4) is 0 Å². The van der Waals surface area contributed by atoms with Crippen LogP contribution in [0, 0.1) is 0 Å². The number of phenols is 5. The molecule has 0 fully saturated rings. The number of para-hydroxylation sites is 2. The number of nitrogens with zero attached hydrogens (tertiary/aromatic N) is 2. The number of anilines is 6. The Morgan fingerprint density at radius 2 is 0.701 bits per heavy atom. The predicted molar refractivity (Wildman–Crippen MR) is 269 cm³/mol. The van der Waals surface area contributed by atoms with Crippen molar-refractivity contribution in [2.75, 3.05) is 9.80 Å². The highest BCUT2D eigenvalue weighted by molar-refractivity contribution is 7.19. The second kappa shape index (κ2) is 15.5. The molecule has 10 aromatic rings. The minimum Gasteiger partial charge on any atom is -0.504 e. The van der Waals surface area contributed by atoms with E-state index in [0.717, 1.165) is 55.7 Å². The maximum absolute atomic E-state index is 11.0. The monoisotopic (exact) mass is 888 g/mol. The van der Waals surface area contributed by atoms with Crippen molar-refractivity contribution in [1.29, 1.82) is 0 Å². The fraction of sp³-hybridized carbons (Fsp3) is 0.0169. The Morgan fingerprint density at radius 3 is 1.19 bits per heavy atom. The van der Waals surface area contributed by atoms with E-state index >= 15 is 0 Å². The number of hydrogen-bond donors (Lipinski definition) is 5. The molecule has 0 aliphatic heterocycles. The van der Waals surface area contributed by atoms with Gasteiger partial charge in [0.05, 0.1) is 11.0 Å². The summed E-state index contributed by atoms with van der Waals surface area (Å²) >= 11 is 1.26. The number of hydrogen-bond acceptors (Lipinski definition) is 8. The normalized spacial score (nSPS) is 12.6. The standard InChI is InChI=1S/C59H40N2O5S/c62-54-53(55(63)57(65)58(66)56(54)64)51-33-34-52(67-51)61(41-29-25-37(26-30-41)36-23-27-40(28-24-36)60(38-13-3-1-4-14-38)39-15-5-2-6-16-39)42-31-32-46-45-19-9-12-22-49(45)59(50(46)35-42)47-20-10-7-17-43(47)44-18-8-11-21-48(44)59/h1-35,62-66H. The van der Waals surface area contributed by atoms with Crippen LogP contribution in [-0.4, -0.2) is 25.5 Å². The number of thiophene rings is 1. The molecule has 7 nitrogen and oxygen atoms in total. The van der Waals surface area contributed by atoms with Crippen LogP contribution in [-0.2, 0) is 5.41 Å². The van der Waals surface area contributed by atoms with Crippen LogP contribution < -0.4 is 9.80 Å². The van der Waals surface area contributed by atoms with E-state index in [0.29, 0.717) is 4.88 Å². The van der Waals surface area contributed by atoms with Gasteiger partial charge in [-0.05, 0) is 128 Å². The van der Waals surface area contributed by atoms with Crippen molar-refractivity contribution in [3.05, 3.63) is 235 Å². The first-order valence-corrected chi connectivity index (χ1v) is 22.8. The lowest BCUT2D eigenvalue weighted by atomic mass is 9.70. The van der Waals surface area contributed by atoms with Crippen LogP contribution in [0.15, 0.2) is 212 Å². The summed E-state index contributed by atoms with van der Waals surface area (Å²) in [5.74, 6) is -4.33. The molecule has 5 N–H and O–H groups in total. The topological polar surface area (TPSA) is 108 Å². The maximum Gasteiger partial charge on any atom is 0.208 e. The smallest absolute Gasteiger partial charge is 0.208 e. The van der Waals surface area contributed by atoms with Crippen molar-refractivity contribution in [2.24, 2.45) is 0 Å². The van der Waals surface area contributed by atoms with Crippen molar-refractivity contribution in [3.63, 3.8) is 0 Å². The molecule has 0 amide bonds. The fourth-order valence-electron chi connectivity index (χ4n) is 10.3. The molecule has 322 valence electrons. The van der Waals surface area contributed by atoms with Crippen LogP contribution >= 0.6 is 11.3 Å². The van der Waals surface area contributed by atoms with Gasteiger partial charge in [0.15, 0.2) is 11.5 Å². The van der Waals surface area contributed by atoms with Crippen molar-refractivity contribution in [3.8, 4) is 72.6 Å². The quantitative estimate of drug-likeness (QED) is 0.0764. The minimum absolute atomic E-state index is 0.191. The molecular weight excluding hydrogens is 849 g/mol. The van der Waals surface area contributed by atoms with Gasteiger partial charge < -0.3 is 35.3 Å². The minimum atomic E-state index is -1.00. The summed E-state index contributed by atoms with van der Waals surface area (Å²) in [6.07, 6.45) is 0. The molecule has 0 radical (unpaired) electrons. The van der Waals surface area contributed by atoms with Gasteiger partial charge in [-0.25, -0.2) is 0 Å². The SMILES string of the molecule is Oc1c(O)c(O)c(-c2ccc(N(c3ccc(-c4ccc(N(c5ccccc5)c5ccccc5)cc4)cc3)c3ccc4c(c3)C3(c5ccccc5-c5ccccc53)c3ccccc3-4)s2)c(O)c1O. The van der Waals surface area contributed by atoms with E-state index in [1.54, 1.807) is 6.07 Å². The van der Waals surface area contributed by atoms with E-state index in [9.17, 15) is 25.5 Å². The average molecular weight is 889 g/mol. The van der Waals surface area contributed by atoms with Gasteiger partial charge in [-0.2, -0.15) is 0 Å². The second-order valence-electron chi connectivity index (χ2n) is 16.8. The van der Waals surface area contributed by atoms with E-state index in [1.807, 2.05) is 42.5 Å². The molecule has 0 atom stereocenters. The summed E-state index contributed by atoms with van der Waals surface area (Å²) in [4.78, 5) is 4.75. The summed E-state index contributed by atoms with van der Waals surface area (Å²) in [5, 5.41) is 54.0. The zero-order valence-corrected chi connectivity index (χ0v) is 36.6. The molecule has 9 aromatic carbocycles. The highest BCUT2D eigenvalue weighted by Gasteiger charge is 2.51. The lowest BCUT2D eigenvalue weighted by Gasteiger charge is -2.32. The Balaban J connectivity index is 0.995. The molecule has 1 aromatic heterocycles. The fourth-order valence-corrected chi connectivity index (χ4v) is 11.4. The highest BCUT2D eigenvalue weighted by atomic mass is 32.1.